The molecule has 0 aliphatic rings. The van der Waals surface area contributed by atoms with Crippen LogP contribution in [0.1, 0.15) is 18.0 Å². The molecule has 0 spiro atoms. The van der Waals surface area contributed by atoms with Crippen LogP contribution in [-0.4, -0.2) is 30.4 Å². The van der Waals surface area contributed by atoms with Crippen LogP contribution in [0, 0.1) is 0 Å². The summed E-state index contributed by atoms with van der Waals surface area (Å²) in [4.78, 5) is 25.6. The van der Waals surface area contributed by atoms with Gasteiger partial charge in [0.15, 0.2) is 4.96 Å². The minimum atomic E-state index is -0.0833. The Balaban J connectivity index is 1.28. The largest absolute Gasteiger partial charge is 0.350 e. The van der Waals surface area contributed by atoms with E-state index >= 15 is 0 Å². The van der Waals surface area contributed by atoms with Crippen LogP contribution in [0.3, 0.4) is 0 Å². The number of nitrogens with one attached hydrogen (secondary N) is 1. The van der Waals surface area contributed by atoms with Crippen molar-refractivity contribution in [3.8, 4) is 11.4 Å². The maximum absolute atomic E-state index is 12.0. The molecule has 1 N–H and O–H groups in total. The first kappa shape index (κ1) is 15.5. The molecule has 0 bridgehead atoms. The van der Waals surface area contributed by atoms with Gasteiger partial charge in [-0.25, -0.2) is 4.98 Å². The lowest BCUT2D eigenvalue weighted by Crippen LogP contribution is -2.23. The first-order chi connectivity index (χ1) is 12.3. The summed E-state index contributed by atoms with van der Waals surface area (Å²) in [6.07, 6.45) is 7.85. The van der Waals surface area contributed by atoms with E-state index < -0.39 is 0 Å². The number of imidazole rings is 1. The lowest BCUT2D eigenvalue weighted by Gasteiger charge is -2.01. The van der Waals surface area contributed by atoms with Gasteiger partial charge in [0.1, 0.15) is 0 Å². The van der Waals surface area contributed by atoms with Crippen molar-refractivity contribution in [3.05, 3.63) is 53.9 Å². The van der Waals surface area contributed by atoms with Crippen molar-refractivity contribution >= 4 is 22.2 Å². The molecule has 4 aromatic rings. The zero-order chi connectivity index (χ0) is 17.1. The summed E-state index contributed by atoms with van der Waals surface area (Å²) in [6, 6.07) is 3.61. The molecule has 0 unspecified atom stereocenters. The molecule has 0 saturated heterocycles. The predicted molar refractivity (Wildman–Crippen MR) is 90.8 cm³/mol. The highest BCUT2D eigenvalue weighted by Crippen LogP contribution is 2.15. The van der Waals surface area contributed by atoms with Crippen molar-refractivity contribution in [2.45, 2.75) is 19.4 Å². The minimum absolute atomic E-state index is 0.0833. The number of nitrogens with zero attached hydrogens (tertiary/aromatic N) is 5. The number of fused-ring (bicyclic) bond motifs is 1. The van der Waals surface area contributed by atoms with Crippen molar-refractivity contribution in [3.63, 3.8) is 0 Å². The molecule has 4 rings (SSSR count). The summed E-state index contributed by atoms with van der Waals surface area (Å²) in [6.45, 7) is 0.402. The van der Waals surface area contributed by atoms with E-state index in [1.165, 1.54) is 0 Å². The van der Waals surface area contributed by atoms with Gasteiger partial charge >= 0.3 is 0 Å². The van der Waals surface area contributed by atoms with Gasteiger partial charge in [0.05, 0.1) is 12.2 Å². The van der Waals surface area contributed by atoms with Crippen molar-refractivity contribution in [2.75, 3.05) is 0 Å². The van der Waals surface area contributed by atoms with Crippen LogP contribution in [0.4, 0.5) is 0 Å². The molecular formula is C16H14N6O2S. The van der Waals surface area contributed by atoms with E-state index in [0.717, 1.165) is 16.2 Å². The lowest BCUT2D eigenvalue weighted by atomic mass is 10.2. The Bertz CT molecular complexity index is 962. The molecule has 0 aliphatic heterocycles. The molecule has 1 amide bonds. The summed E-state index contributed by atoms with van der Waals surface area (Å²) in [5.74, 6) is 0.848. The molecule has 25 heavy (non-hydrogen) atoms. The van der Waals surface area contributed by atoms with E-state index in [-0.39, 0.29) is 12.3 Å². The molecule has 126 valence electrons. The van der Waals surface area contributed by atoms with E-state index in [0.29, 0.717) is 24.7 Å². The second-order valence-corrected chi connectivity index (χ2v) is 6.22. The van der Waals surface area contributed by atoms with Gasteiger partial charge in [-0.1, -0.05) is 5.16 Å². The molecule has 0 aromatic carbocycles. The number of carbonyl (C=O) groups is 1. The molecule has 0 radical (unpaired) electrons. The second-order valence-electron chi connectivity index (χ2n) is 5.35. The highest BCUT2D eigenvalue weighted by Gasteiger charge is 2.11. The number of carbonyl (C=O) groups excluding carboxylic acids is 1. The third-order valence-corrected chi connectivity index (χ3v) is 4.35. The molecule has 0 atom stereocenters. The summed E-state index contributed by atoms with van der Waals surface area (Å²) < 4.78 is 7.12. The van der Waals surface area contributed by atoms with Gasteiger partial charge in [0.25, 0.3) is 0 Å². The molecular weight excluding hydrogens is 340 g/mol. The van der Waals surface area contributed by atoms with Gasteiger partial charge in [-0.05, 0) is 12.1 Å². The summed E-state index contributed by atoms with van der Waals surface area (Å²) in [5.41, 5.74) is 1.66. The van der Waals surface area contributed by atoms with Crippen molar-refractivity contribution in [2.24, 2.45) is 0 Å². The van der Waals surface area contributed by atoms with E-state index in [1.54, 1.807) is 35.9 Å². The predicted octanol–water partition coefficient (Wildman–Crippen LogP) is 2.09. The number of pyridine rings is 1. The highest BCUT2D eigenvalue weighted by molar-refractivity contribution is 7.15. The number of aromatic nitrogens is 5. The van der Waals surface area contributed by atoms with Crippen LogP contribution in [0.2, 0.25) is 0 Å². The Morgan fingerprint density at radius 3 is 3.00 bits per heavy atom. The van der Waals surface area contributed by atoms with Crippen molar-refractivity contribution in [1.29, 1.82) is 0 Å². The molecule has 4 heterocycles. The topological polar surface area (TPSA) is 98.2 Å². The van der Waals surface area contributed by atoms with Gasteiger partial charge in [0.2, 0.25) is 17.6 Å². The number of thiazole rings is 1. The van der Waals surface area contributed by atoms with Crippen LogP contribution in [0.15, 0.2) is 46.8 Å². The number of rotatable bonds is 6. The Hall–Kier alpha value is -3.07. The maximum atomic E-state index is 12.0. The average molecular weight is 354 g/mol. The van der Waals surface area contributed by atoms with Gasteiger partial charge in [0, 0.05) is 48.6 Å². The zero-order valence-corrected chi connectivity index (χ0v) is 13.9. The van der Waals surface area contributed by atoms with Crippen LogP contribution >= 0.6 is 11.3 Å². The fourth-order valence-corrected chi connectivity index (χ4v) is 3.05. The number of hydrogen-bond acceptors (Lipinski definition) is 7. The van der Waals surface area contributed by atoms with Crippen molar-refractivity contribution in [1.82, 2.24) is 29.8 Å². The first-order valence-corrected chi connectivity index (χ1v) is 8.56. The third-order valence-electron chi connectivity index (χ3n) is 3.58. The fourth-order valence-electron chi connectivity index (χ4n) is 2.33. The maximum Gasteiger partial charge on any atom is 0.227 e. The first-order valence-electron chi connectivity index (χ1n) is 7.69. The SMILES string of the molecule is O=C(CCc1nc(-c2ccncc2)no1)NCc1cn2ccsc2n1. The smallest absolute Gasteiger partial charge is 0.227 e. The standard InChI is InChI=1S/C16H14N6O2S/c23-13(18-9-12-10-22-7-8-25-16(22)19-12)1-2-14-20-15(21-24-14)11-3-5-17-6-4-11/h3-8,10H,1-2,9H2,(H,18,23). The molecule has 9 heteroatoms. The highest BCUT2D eigenvalue weighted by atomic mass is 32.1. The van der Waals surface area contributed by atoms with Crippen LogP contribution < -0.4 is 5.32 Å². The van der Waals surface area contributed by atoms with Crippen molar-refractivity contribution < 1.29 is 9.32 Å². The number of amides is 1. The summed E-state index contributed by atoms with van der Waals surface area (Å²) in [7, 11) is 0. The number of hydrogen-bond donors (Lipinski definition) is 1. The van der Waals surface area contributed by atoms with Gasteiger partial charge in [-0.2, -0.15) is 4.98 Å². The monoisotopic (exact) mass is 354 g/mol. The van der Waals surface area contributed by atoms with E-state index in [2.05, 4.69) is 25.4 Å². The minimum Gasteiger partial charge on any atom is -0.350 e. The van der Waals surface area contributed by atoms with E-state index in [9.17, 15) is 4.79 Å². The van der Waals surface area contributed by atoms with Gasteiger partial charge in [-0.3, -0.25) is 14.2 Å². The fraction of sp³-hybridized carbons (Fsp3) is 0.188. The van der Waals surface area contributed by atoms with Crippen LogP contribution in [0.5, 0.6) is 0 Å². The van der Waals surface area contributed by atoms with Crippen LogP contribution in [-0.2, 0) is 17.8 Å². The van der Waals surface area contributed by atoms with Crippen LogP contribution in [0.25, 0.3) is 16.3 Å². The molecule has 8 nitrogen and oxygen atoms in total. The Morgan fingerprint density at radius 2 is 2.16 bits per heavy atom. The number of aryl methyl sites for hydroxylation is 1. The third kappa shape index (κ3) is 3.56. The summed E-state index contributed by atoms with van der Waals surface area (Å²) >= 11 is 1.56. The molecule has 0 aliphatic carbocycles. The van der Waals surface area contributed by atoms with E-state index in [4.69, 9.17) is 4.52 Å². The average Bonchev–Trinajstić information content (AvgIpc) is 3.34. The van der Waals surface area contributed by atoms with Gasteiger partial charge < -0.3 is 9.84 Å². The summed E-state index contributed by atoms with van der Waals surface area (Å²) in [5, 5.41) is 8.74. The normalized spacial score (nSPS) is 11.0. The van der Waals surface area contributed by atoms with Gasteiger partial charge in [-0.15, -0.1) is 11.3 Å². The molecule has 0 saturated carbocycles. The Labute approximate surface area is 146 Å². The molecule has 0 fully saturated rings. The molecule has 4 aromatic heterocycles. The van der Waals surface area contributed by atoms with E-state index in [1.807, 2.05) is 22.2 Å². The zero-order valence-electron chi connectivity index (χ0n) is 13.1. The Morgan fingerprint density at radius 1 is 1.28 bits per heavy atom. The lowest BCUT2D eigenvalue weighted by molar-refractivity contribution is -0.121. The second kappa shape index (κ2) is 6.81. The quantitative estimate of drug-likeness (QED) is 0.569. The Kier molecular flexibility index (Phi) is 4.21.